The highest BCUT2D eigenvalue weighted by atomic mass is 16.5. The Kier molecular flexibility index (Phi) is 5.87. The maximum Gasteiger partial charge on any atom is 0.189 e. The summed E-state index contributed by atoms with van der Waals surface area (Å²) in [5.74, 6) is 0.558. The van der Waals surface area contributed by atoms with E-state index in [9.17, 15) is 0 Å². The van der Waals surface area contributed by atoms with Crippen molar-refractivity contribution in [3.8, 4) is 0 Å². The quantitative estimate of drug-likeness (QED) is 0.619. The summed E-state index contributed by atoms with van der Waals surface area (Å²) in [6.07, 6.45) is 5.00. The first-order valence-electron chi connectivity index (χ1n) is 7.50. The van der Waals surface area contributed by atoms with Crippen LogP contribution in [0.2, 0.25) is 0 Å². The molecule has 1 saturated carbocycles. The number of hydrogen-bond acceptors (Lipinski definition) is 2. The number of ether oxygens (including phenoxy) is 1. The third-order valence-corrected chi connectivity index (χ3v) is 3.71. The van der Waals surface area contributed by atoms with Crippen molar-refractivity contribution in [3.63, 3.8) is 0 Å². The molecule has 0 aliphatic heterocycles. The van der Waals surface area contributed by atoms with Crippen molar-refractivity contribution in [3.05, 3.63) is 35.4 Å². The van der Waals surface area contributed by atoms with Gasteiger partial charge in [-0.15, -0.1) is 0 Å². The number of nitrogens with two attached hydrogens (primary N) is 1. The number of nitrogens with one attached hydrogen (secondary N) is 1. The van der Waals surface area contributed by atoms with E-state index in [1.807, 2.05) is 19.1 Å². The van der Waals surface area contributed by atoms with Gasteiger partial charge in [0.1, 0.15) is 0 Å². The SMILES string of the molecule is CCOCc1ccccc1CN=C(N)NC1CCCC1. The van der Waals surface area contributed by atoms with Crippen LogP contribution in [0.5, 0.6) is 0 Å². The molecular formula is C16H25N3O. The maximum atomic E-state index is 5.96. The predicted molar refractivity (Wildman–Crippen MR) is 82.5 cm³/mol. The lowest BCUT2D eigenvalue weighted by Crippen LogP contribution is -2.38. The molecule has 0 atom stereocenters. The number of nitrogens with zero attached hydrogens (tertiary/aromatic N) is 1. The molecular weight excluding hydrogens is 250 g/mol. The maximum absolute atomic E-state index is 5.96. The van der Waals surface area contributed by atoms with Gasteiger partial charge in [0.2, 0.25) is 0 Å². The third-order valence-electron chi connectivity index (χ3n) is 3.71. The number of benzene rings is 1. The van der Waals surface area contributed by atoms with Crippen LogP contribution in [0.1, 0.15) is 43.7 Å². The third kappa shape index (κ3) is 4.53. The molecule has 0 spiro atoms. The summed E-state index contributed by atoms with van der Waals surface area (Å²) in [5, 5.41) is 3.31. The van der Waals surface area contributed by atoms with E-state index in [0.29, 0.717) is 25.2 Å². The monoisotopic (exact) mass is 275 g/mol. The molecule has 1 aliphatic carbocycles. The molecule has 0 saturated heterocycles. The Morgan fingerprint density at radius 1 is 1.30 bits per heavy atom. The van der Waals surface area contributed by atoms with E-state index in [2.05, 4.69) is 22.4 Å². The topological polar surface area (TPSA) is 59.6 Å². The van der Waals surface area contributed by atoms with E-state index < -0.39 is 0 Å². The Morgan fingerprint density at radius 3 is 2.70 bits per heavy atom. The second-order valence-corrected chi connectivity index (χ2v) is 5.23. The number of hydrogen-bond donors (Lipinski definition) is 2. The fourth-order valence-corrected chi connectivity index (χ4v) is 2.56. The normalized spacial score (nSPS) is 16.6. The van der Waals surface area contributed by atoms with E-state index in [1.54, 1.807) is 0 Å². The molecule has 0 unspecified atom stereocenters. The molecule has 0 aromatic heterocycles. The Morgan fingerprint density at radius 2 is 2.00 bits per heavy atom. The molecule has 0 radical (unpaired) electrons. The van der Waals surface area contributed by atoms with Gasteiger partial charge >= 0.3 is 0 Å². The molecule has 1 aromatic rings. The largest absolute Gasteiger partial charge is 0.377 e. The van der Waals surface area contributed by atoms with Crippen molar-refractivity contribution in [2.24, 2.45) is 10.7 Å². The van der Waals surface area contributed by atoms with Crippen molar-refractivity contribution in [2.45, 2.75) is 51.8 Å². The van der Waals surface area contributed by atoms with E-state index in [-0.39, 0.29) is 0 Å². The van der Waals surface area contributed by atoms with Crippen LogP contribution in [0.25, 0.3) is 0 Å². The molecule has 0 amide bonds. The van der Waals surface area contributed by atoms with Gasteiger partial charge in [-0.1, -0.05) is 37.1 Å². The van der Waals surface area contributed by atoms with E-state index in [0.717, 1.165) is 6.61 Å². The lowest BCUT2D eigenvalue weighted by atomic mass is 10.1. The van der Waals surface area contributed by atoms with Crippen LogP contribution in [-0.2, 0) is 17.9 Å². The highest BCUT2D eigenvalue weighted by Gasteiger charge is 2.14. The van der Waals surface area contributed by atoms with Gasteiger partial charge in [-0.25, -0.2) is 4.99 Å². The van der Waals surface area contributed by atoms with Crippen LogP contribution in [0.4, 0.5) is 0 Å². The smallest absolute Gasteiger partial charge is 0.189 e. The molecule has 0 bridgehead atoms. The fourth-order valence-electron chi connectivity index (χ4n) is 2.56. The van der Waals surface area contributed by atoms with Gasteiger partial charge in [-0.05, 0) is 30.9 Å². The van der Waals surface area contributed by atoms with Crippen molar-refractivity contribution in [1.82, 2.24) is 5.32 Å². The van der Waals surface area contributed by atoms with Crippen LogP contribution in [-0.4, -0.2) is 18.6 Å². The van der Waals surface area contributed by atoms with Gasteiger partial charge in [0, 0.05) is 12.6 Å². The van der Waals surface area contributed by atoms with Crippen molar-refractivity contribution < 1.29 is 4.74 Å². The Hall–Kier alpha value is -1.55. The molecule has 20 heavy (non-hydrogen) atoms. The molecule has 1 aromatic carbocycles. The molecule has 1 fully saturated rings. The summed E-state index contributed by atoms with van der Waals surface area (Å²) in [5.41, 5.74) is 8.32. The summed E-state index contributed by atoms with van der Waals surface area (Å²) >= 11 is 0. The van der Waals surface area contributed by atoms with Crippen molar-refractivity contribution in [2.75, 3.05) is 6.61 Å². The molecule has 0 heterocycles. The van der Waals surface area contributed by atoms with Gasteiger partial charge in [-0.2, -0.15) is 0 Å². The first-order valence-corrected chi connectivity index (χ1v) is 7.50. The zero-order chi connectivity index (χ0) is 14.2. The minimum absolute atomic E-state index is 0.511. The summed E-state index contributed by atoms with van der Waals surface area (Å²) in [4.78, 5) is 4.45. The Balaban J connectivity index is 1.91. The second-order valence-electron chi connectivity index (χ2n) is 5.23. The Labute approximate surface area is 121 Å². The lowest BCUT2D eigenvalue weighted by molar-refractivity contribution is 0.133. The van der Waals surface area contributed by atoms with Crippen LogP contribution < -0.4 is 11.1 Å². The predicted octanol–water partition coefficient (Wildman–Crippen LogP) is 2.57. The summed E-state index contributed by atoms with van der Waals surface area (Å²) in [6, 6.07) is 8.74. The van der Waals surface area contributed by atoms with Crippen LogP contribution in [0.3, 0.4) is 0 Å². The van der Waals surface area contributed by atoms with E-state index in [4.69, 9.17) is 10.5 Å². The standard InChI is InChI=1S/C16H25N3O/c1-2-20-12-14-8-4-3-7-13(14)11-18-16(17)19-15-9-5-6-10-15/h3-4,7-8,15H,2,5-6,9-12H2,1H3,(H3,17,18,19). The summed E-state index contributed by atoms with van der Waals surface area (Å²) in [6.45, 7) is 3.97. The van der Waals surface area contributed by atoms with Gasteiger partial charge in [-0.3, -0.25) is 0 Å². The molecule has 4 heteroatoms. The van der Waals surface area contributed by atoms with Gasteiger partial charge in [0.15, 0.2) is 5.96 Å². The van der Waals surface area contributed by atoms with Gasteiger partial charge in [0.25, 0.3) is 0 Å². The molecule has 1 aliphatic rings. The van der Waals surface area contributed by atoms with Crippen molar-refractivity contribution in [1.29, 1.82) is 0 Å². The highest BCUT2D eigenvalue weighted by Crippen LogP contribution is 2.17. The second kappa shape index (κ2) is 7.90. The average Bonchev–Trinajstić information content (AvgIpc) is 2.96. The van der Waals surface area contributed by atoms with Gasteiger partial charge < -0.3 is 15.8 Å². The first kappa shape index (κ1) is 14.9. The average molecular weight is 275 g/mol. The zero-order valence-electron chi connectivity index (χ0n) is 12.3. The number of rotatable bonds is 6. The van der Waals surface area contributed by atoms with E-state index in [1.165, 1.54) is 36.8 Å². The molecule has 4 nitrogen and oxygen atoms in total. The minimum Gasteiger partial charge on any atom is -0.377 e. The van der Waals surface area contributed by atoms with Gasteiger partial charge in [0.05, 0.1) is 13.2 Å². The first-order chi connectivity index (χ1) is 9.79. The Bertz CT molecular complexity index is 439. The van der Waals surface area contributed by atoms with Crippen LogP contribution >= 0.6 is 0 Å². The highest BCUT2D eigenvalue weighted by molar-refractivity contribution is 5.78. The van der Waals surface area contributed by atoms with Crippen LogP contribution in [0, 0.1) is 0 Å². The van der Waals surface area contributed by atoms with E-state index >= 15 is 0 Å². The minimum atomic E-state index is 0.511. The molecule has 110 valence electrons. The lowest BCUT2D eigenvalue weighted by Gasteiger charge is -2.13. The molecule has 2 rings (SSSR count). The van der Waals surface area contributed by atoms with Crippen molar-refractivity contribution >= 4 is 5.96 Å². The number of aliphatic imine (C=N–C) groups is 1. The fraction of sp³-hybridized carbons (Fsp3) is 0.562. The summed E-state index contributed by atoms with van der Waals surface area (Å²) < 4.78 is 5.48. The zero-order valence-corrected chi connectivity index (χ0v) is 12.3. The molecule has 3 N–H and O–H groups in total. The summed E-state index contributed by atoms with van der Waals surface area (Å²) in [7, 11) is 0. The van der Waals surface area contributed by atoms with Crippen LogP contribution in [0.15, 0.2) is 29.3 Å². The number of guanidine groups is 1.